The number of aliphatic carboxylic acids is 1. The lowest BCUT2D eigenvalue weighted by atomic mass is 9.64. The zero-order valence-electron chi connectivity index (χ0n) is 21.5. The number of carbonyl (C=O) groups excluding carboxylic acids is 1. The third kappa shape index (κ3) is 5.56. The smallest absolute Gasteiger partial charge is 0.322 e. The van der Waals surface area contributed by atoms with Gasteiger partial charge in [-0.25, -0.2) is 13.6 Å². The van der Waals surface area contributed by atoms with Gasteiger partial charge in [0.05, 0.1) is 11.5 Å². The van der Waals surface area contributed by atoms with Crippen LogP contribution in [0, 0.1) is 17.3 Å². The summed E-state index contributed by atoms with van der Waals surface area (Å²) in [4.78, 5) is 26.4. The van der Waals surface area contributed by atoms with E-state index in [2.05, 4.69) is 26.1 Å². The zero-order valence-corrected chi connectivity index (χ0v) is 22.3. The molecule has 1 atom stereocenters. The summed E-state index contributed by atoms with van der Waals surface area (Å²) in [7, 11) is 0. The topological polar surface area (TPSA) is 69.6 Å². The zero-order chi connectivity index (χ0) is 26.5. The predicted octanol–water partition coefficient (Wildman–Crippen LogP) is 7.13. The molecule has 2 saturated carbocycles. The molecule has 0 bridgehead atoms. The van der Waals surface area contributed by atoms with E-state index >= 15 is 0 Å². The molecule has 0 aromatic heterocycles. The van der Waals surface area contributed by atoms with Crippen LogP contribution in [-0.4, -0.2) is 34.0 Å². The quantitative estimate of drug-likeness (QED) is 0.417. The molecule has 2 amide bonds. The van der Waals surface area contributed by atoms with Crippen molar-refractivity contribution < 1.29 is 23.5 Å². The van der Waals surface area contributed by atoms with Crippen LogP contribution in [0.15, 0.2) is 30.0 Å². The van der Waals surface area contributed by atoms with E-state index < -0.39 is 23.3 Å². The Kier molecular flexibility index (Phi) is 7.19. The van der Waals surface area contributed by atoms with Gasteiger partial charge in [0.15, 0.2) is 0 Å². The standard InChI is InChI=1S/C28H37ClF2N2O3/c1-26(2,3)10-7-17-5-6-20(15-23(17)29)27(4)22(18-13-19(14-18)24(34)35)16-33(25(36)32-27)21-8-11-28(30,31)12-9-21/h5-6,15-16,18-19,21H,7-14H2,1-4H3,(H,32,36)(H,34,35)/t18?,19?,27-/m0/s1. The van der Waals surface area contributed by atoms with Crippen molar-refractivity contribution in [3.63, 3.8) is 0 Å². The molecule has 1 aliphatic heterocycles. The first kappa shape index (κ1) is 26.9. The molecule has 36 heavy (non-hydrogen) atoms. The average molecular weight is 523 g/mol. The molecule has 0 radical (unpaired) electrons. The summed E-state index contributed by atoms with van der Waals surface area (Å²) in [5, 5.41) is 13.2. The fourth-order valence-electron chi connectivity index (χ4n) is 5.66. The number of nitrogens with zero attached hydrogens (tertiary/aromatic N) is 1. The van der Waals surface area contributed by atoms with E-state index in [9.17, 15) is 23.5 Å². The number of carboxylic acid groups (broad SMARTS) is 1. The Hall–Kier alpha value is -2.15. The highest BCUT2D eigenvalue weighted by Gasteiger charge is 2.48. The summed E-state index contributed by atoms with van der Waals surface area (Å²) in [6.45, 7) is 8.49. The number of benzene rings is 1. The molecule has 198 valence electrons. The number of urea groups is 1. The SMILES string of the molecule is CC(C)(C)CCc1ccc([C@]2(C)NC(=O)N(C3CCC(F)(F)CC3)C=C2C2CC(C(=O)O)C2)cc1Cl. The van der Waals surface area contributed by atoms with Crippen molar-refractivity contribution in [1.82, 2.24) is 10.2 Å². The number of carbonyl (C=O) groups is 2. The molecule has 5 nitrogen and oxygen atoms in total. The van der Waals surface area contributed by atoms with Crippen molar-refractivity contribution in [1.29, 1.82) is 0 Å². The second-order valence-corrected chi connectivity index (χ2v) is 12.6. The highest BCUT2D eigenvalue weighted by molar-refractivity contribution is 6.31. The second-order valence-electron chi connectivity index (χ2n) is 12.2. The normalized spacial score (nSPS) is 28.8. The molecule has 2 fully saturated rings. The Balaban J connectivity index is 1.65. The summed E-state index contributed by atoms with van der Waals surface area (Å²) >= 11 is 6.70. The molecular formula is C28H37ClF2N2O3. The number of rotatable bonds is 6. The maximum atomic E-state index is 13.8. The first-order valence-corrected chi connectivity index (χ1v) is 13.3. The molecule has 0 unspecified atom stereocenters. The largest absolute Gasteiger partial charge is 0.481 e. The van der Waals surface area contributed by atoms with Gasteiger partial charge in [-0.15, -0.1) is 0 Å². The molecule has 1 aromatic rings. The second kappa shape index (κ2) is 9.62. The monoisotopic (exact) mass is 522 g/mol. The highest BCUT2D eigenvalue weighted by atomic mass is 35.5. The molecule has 8 heteroatoms. The maximum absolute atomic E-state index is 13.8. The number of hydrogen-bond donors (Lipinski definition) is 2. The number of hydrogen-bond acceptors (Lipinski definition) is 2. The van der Waals surface area contributed by atoms with E-state index in [1.54, 1.807) is 4.90 Å². The molecule has 2 aliphatic carbocycles. The van der Waals surface area contributed by atoms with Crippen molar-refractivity contribution in [3.8, 4) is 0 Å². The number of aryl methyl sites for hydroxylation is 1. The fraction of sp³-hybridized carbons (Fsp3) is 0.643. The van der Waals surface area contributed by atoms with Crippen molar-refractivity contribution in [2.24, 2.45) is 17.3 Å². The minimum atomic E-state index is -2.68. The van der Waals surface area contributed by atoms with Gasteiger partial charge < -0.3 is 10.4 Å². The molecule has 1 aromatic carbocycles. The molecule has 0 spiro atoms. The van der Waals surface area contributed by atoms with Gasteiger partial charge in [0, 0.05) is 30.1 Å². The van der Waals surface area contributed by atoms with Crippen LogP contribution in [-0.2, 0) is 16.8 Å². The van der Waals surface area contributed by atoms with Gasteiger partial charge in [0.2, 0.25) is 5.92 Å². The van der Waals surface area contributed by atoms with E-state index in [1.165, 1.54) is 0 Å². The van der Waals surface area contributed by atoms with Gasteiger partial charge in [0.1, 0.15) is 0 Å². The lowest BCUT2D eigenvalue weighted by Crippen LogP contribution is -2.58. The Morgan fingerprint density at radius 2 is 1.86 bits per heavy atom. The number of carboxylic acids is 1. The Labute approximate surface area is 217 Å². The van der Waals surface area contributed by atoms with E-state index in [4.69, 9.17) is 11.6 Å². The van der Waals surface area contributed by atoms with Crippen LogP contribution >= 0.6 is 11.6 Å². The first-order valence-electron chi connectivity index (χ1n) is 12.9. The molecule has 4 rings (SSSR count). The highest BCUT2D eigenvalue weighted by Crippen LogP contribution is 2.48. The van der Waals surface area contributed by atoms with Gasteiger partial charge in [-0.05, 0) is 79.5 Å². The van der Waals surface area contributed by atoms with Crippen molar-refractivity contribution >= 4 is 23.6 Å². The van der Waals surface area contributed by atoms with E-state index in [0.717, 1.165) is 29.5 Å². The number of halogens is 3. The number of alkyl halides is 2. The van der Waals surface area contributed by atoms with Crippen molar-refractivity contribution in [2.45, 2.75) is 96.6 Å². The summed E-state index contributed by atoms with van der Waals surface area (Å²) < 4.78 is 27.5. The van der Waals surface area contributed by atoms with Crippen LogP contribution < -0.4 is 5.32 Å². The minimum absolute atomic E-state index is 0.0245. The summed E-state index contributed by atoms with van der Waals surface area (Å²) in [5.41, 5.74) is 2.10. The summed E-state index contributed by atoms with van der Waals surface area (Å²) in [6.07, 6.45) is 4.61. The average Bonchev–Trinajstić information content (AvgIpc) is 2.73. The van der Waals surface area contributed by atoms with Crippen LogP contribution in [0.4, 0.5) is 13.6 Å². The lowest BCUT2D eigenvalue weighted by Gasteiger charge is -2.49. The van der Waals surface area contributed by atoms with Crippen LogP contribution in [0.2, 0.25) is 5.02 Å². The van der Waals surface area contributed by atoms with Gasteiger partial charge in [-0.2, -0.15) is 0 Å². The van der Waals surface area contributed by atoms with Crippen LogP contribution in [0.1, 0.15) is 83.8 Å². The van der Waals surface area contributed by atoms with Crippen LogP contribution in [0.25, 0.3) is 0 Å². The predicted molar refractivity (Wildman–Crippen MR) is 136 cm³/mol. The van der Waals surface area contributed by atoms with Crippen molar-refractivity contribution in [3.05, 3.63) is 46.1 Å². The van der Waals surface area contributed by atoms with Crippen LogP contribution in [0.5, 0.6) is 0 Å². The molecular weight excluding hydrogens is 486 g/mol. The maximum Gasteiger partial charge on any atom is 0.322 e. The lowest BCUT2D eigenvalue weighted by molar-refractivity contribution is -0.145. The van der Waals surface area contributed by atoms with Crippen LogP contribution in [0.3, 0.4) is 0 Å². The van der Waals surface area contributed by atoms with Gasteiger partial charge in [-0.1, -0.05) is 44.5 Å². The van der Waals surface area contributed by atoms with Crippen molar-refractivity contribution in [2.75, 3.05) is 0 Å². The third-order valence-corrected chi connectivity index (χ3v) is 8.58. The summed E-state index contributed by atoms with van der Waals surface area (Å²) in [5.74, 6) is -3.93. The molecule has 1 heterocycles. The van der Waals surface area contributed by atoms with Gasteiger partial charge >= 0.3 is 12.0 Å². The van der Waals surface area contributed by atoms with Gasteiger partial charge in [-0.3, -0.25) is 9.69 Å². The van der Waals surface area contributed by atoms with E-state index in [0.29, 0.717) is 17.9 Å². The minimum Gasteiger partial charge on any atom is -0.481 e. The molecule has 2 N–H and O–H groups in total. The molecule has 0 saturated heterocycles. The number of nitrogens with one attached hydrogen (secondary N) is 1. The Morgan fingerprint density at radius 3 is 2.42 bits per heavy atom. The van der Waals surface area contributed by atoms with E-state index in [1.807, 2.05) is 31.3 Å². The van der Waals surface area contributed by atoms with E-state index in [-0.39, 0.29) is 49.1 Å². The fourth-order valence-corrected chi connectivity index (χ4v) is 5.93. The third-order valence-electron chi connectivity index (χ3n) is 8.23. The first-order chi connectivity index (χ1) is 16.7. The number of amides is 2. The van der Waals surface area contributed by atoms with Gasteiger partial charge in [0.25, 0.3) is 0 Å². The summed E-state index contributed by atoms with van der Waals surface area (Å²) in [6, 6.07) is 5.27. The Morgan fingerprint density at radius 1 is 1.22 bits per heavy atom. The Bertz CT molecular complexity index is 1050. The molecule has 3 aliphatic rings.